The van der Waals surface area contributed by atoms with Crippen molar-refractivity contribution >= 4 is 11.8 Å². The molecule has 5 nitrogen and oxygen atoms in total. The molecule has 0 spiro atoms. The first-order chi connectivity index (χ1) is 9.67. The van der Waals surface area contributed by atoms with Crippen molar-refractivity contribution in [3.05, 3.63) is 29.8 Å². The standard InChI is InChI=1S/C15H19NO4/c1-3-10-20-14-9-8-13(17)16(14)15(18)11-4-6-12(19-2)7-5-11/h4-7,14H,3,8-10H2,1-2H3. The molecular formula is C15H19NO4. The first kappa shape index (κ1) is 14.5. The molecule has 108 valence electrons. The number of ether oxygens (including phenoxy) is 2. The Morgan fingerprint density at radius 1 is 1.35 bits per heavy atom. The van der Waals surface area contributed by atoms with E-state index in [1.165, 1.54) is 4.90 Å². The van der Waals surface area contributed by atoms with Gasteiger partial charge in [-0.05, 0) is 30.7 Å². The lowest BCUT2D eigenvalue weighted by Gasteiger charge is -2.23. The van der Waals surface area contributed by atoms with Gasteiger partial charge in [-0.25, -0.2) is 0 Å². The van der Waals surface area contributed by atoms with Crippen LogP contribution >= 0.6 is 0 Å². The Hall–Kier alpha value is -1.88. The van der Waals surface area contributed by atoms with E-state index in [0.29, 0.717) is 30.8 Å². The van der Waals surface area contributed by atoms with Crippen molar-refractivity contribution in [3.8, 4) is 5.75 Å². The fraction of sp³-hybridized carbons (Fsp3) is 0.467. The van der Waals surface area contributed by atoms with Crippen LogP contribution in [0.25, 0.3) is 0 Å². The van der Waals surface area contributed by atoms with Crippen molar-refractivity contribution < 1.29 is 19.1 Å². The van der Waals surface area contributed by atoms with E-state index < -0.39 is 6.23 Å². The van der Waals surface area contributed by atoms with Gasteiger partial charge in [0.05, 0.1) is 7.11 Å². The predicted molar refractivity (Wildman–Crippen MR) is 73.4 cm³/mol. The summed E-state index contributed by atoms with van der Waals surface area (Å²) in [5, 5.41) is 0. The zero-order valence-corrected chi connectivity index (χ0v) is 11.8. The lowest BCUT2D eigenvalue weighted by molar-refractivity contribution is -0.131. The second-order valence-corrected chi connectivity index (χ2v) is 4.66. The smallest absolute Gasteiger partial charge is 0.262 e. The van der Waals surface area contributed by atoms with Crippen molar-refractivity contribution in [1.29, 1.82) is 0 Å². The van der Waals surface area contributed by atoms with Gasteiger partial charge in [-0.1, -0.05) is 6.92 Å². The molecule has 5 heteroatoms. The van der Waals surface area contributed by atoms with Gasteiger partial charge in [0, 0.05) is 25.0 Å². The van der Waals surface area contributed by atoms with Crippen molar-refractivity contribution in [2.75, 3.05) is 13.7 Å². The second kappa shape index (κ2) is 6.52. The molecule has 0 aliphatic carbocycles. The van der Waals surface area contributed by atoms with E-state index in [1.807, 2.05) is 6.92 Å². The molecule has 1 unspecified atom stereocenters. The van der Waals surface area contributed by atoms with Crippen LogP contribution in [0.5, 0.6) is 5.75 Å². The zero-order valence-electron chi connectivity index (χ0n) is 11.8. The first-order valence-electron chi connectivity index (χ1n) is 6.79. The summed E-state index contributed by atoms with van der Waals surface area (Å²) in [5.74, 6) is 0.191. The van der Waals surface area contributed by atoms with Crippen LogP contribution in [0.2, 0.25) is 0 Å². The number of likely N-dealkylation sites (tertiary alicyclic amines) is 1. The average molecular weight is 277 g/mol. The molecule has 0 saturated carbocycles. The number of hydrogen-bond donors (Lipinski definition) is 0. The van der Waals surface area contributed by atoms with Gasteiger partial charge in [0.2, 0.25) is 5.91 Å². The molecule has 1 aliphatic rings. The van der Waals surface area contributed by atoms with Crippen LogP contribution in [-0.2, 0) is 9.53 Å². The number of imide groups is 1. The first-order valence-corrected chi connectivity index (χ1v) is 6.79. The molecule has 1 heterocycles. The average Bonchev–Trinajstić information content (AvgIpc) is 2.85. The van der Waals surface area contributed by atoms with Gasteiger partial charge in [-0.2, -0.15) is 0 Å². The molecule has 20 heavy (non-hydrogen) atoms. The van der Waals surface area contributed by atoms with E-state index in [0.717, 1.165) is 6.42 Å². The van der Waals surface area contributed by atoms with Gasteiger partial charge < -0.3 is 9.47 Å². The molecule has 0 radical (unpaired) electrons. The maximum absolute atomic E-state index is 12.4. The predicted octanol–water partition coefficient (Wildman–Crippen LogP) is 2.21. The van der Waals surface area contributed by atoms with Gasteiger partial charge in [-0.3, -0.25) is 14.5 Å². The summed E-state index contributed by atoms with van der Waals surface area (Å²) in [6.07, 6.45) is 1.35. The summed E-state index contributed by atoms with van der Waals surface area (Å²) in [6, 6.07) is 6.72. The molecule has 1 atom stereocenters. The van der Waals surface area contributed by atoms with Crippen molar-refractivity contribution in [1.82, 2.24) is 4.90 Å². The van der Waals surface area contributed by atoms with Crippen LogP contribution in [0, 0.1) is 0 Å². The van der Waals surface area contributed by atoms with Gasteiger partial charge in [-0.15, -0.1) is 0 Å². The maximum atomic E-state index is 12.4. The lowest BCUT2D eigenvalue weighted by Crippen LogP contribution is -2.40. The molecule has 1 aromatic carbocycles. The molecule has 1 fully saturated rings. The number of benzene rings is 1. The highest BCUT2D eigenvalue weighted by atomic mass is 16.5. The van der Waals surface area contributed by atoms with Crippen LogP contribution in [-0.4, -0.2) is 36.7 Å². The molecule has 1 aromatic rings. The van der Waals surface area contributed by atoms with Crippen molar-refractivity contribution in [2.45, 2.75) is 32.4 Å². The van der Waals surface area contributed by atoms with E-state index >= 15 is 0 Å². The minimum atomic E-state index is -0.433. The molecule has 0 bridgehead atoms. The Morgan fingerprint density at radius 3 is 2.65 bits per heavy atom. The molecule has 2 rings (SSSR count). The number of carbonyl (C=O) groups excluding carboxylic acids is 2. The topological polar surface area (TPSA) is 55.8 Å². The summed E-state index contributed by atoms with van der Waals surface area (Å²) in [7, 11) is 1.56. The van der Waals surface area contributed by atoms with Gasteiger partial charge in [0.25, 0.3) is 5.91 Å². The fourth-order valence-corrected chi connectivity index (χ4v) is 2.19. The third-order valence-electron chi connectivity index (χ3n) is 3.23. The third kappa shape index (κ3) is 2.99. The van der Waals surface area contributed by atoms with E-state index in [2.05, 4.69) is 0 Å². The highest BCUT2D eigenvalue weighted by Gasteiger charge is 2.36. The van der Waals surface area contributed by atoms with Gasteiger partial charge in [0.15, 0.2) is 0 Å². The van der Waals surface area contributed by atoms with E-state index in [-0.39, 0.29) is 11.8 Å². The number of nitrogens with zero attached hydrogens (tertiary/aromatic N) is 1. The van der Waals surface area contributed by atoms with Gasteiger partial charge >= 0.3 is 0 Å². The quantitative estimate of drug-likeness (QED) is 0.774. The lowest BCUT2D eigenvalue weighted by atomic mass is 10.2. The molecule has 0 aromatic heterocycles. The monoisotopic (exact) mass is 277 g/mol. The summed E-state index contributed by atoms with van der Waals surface area (Å²) < 4.78 is 10.6. The number of carbonyl (C=O) groups is 2. The normalized spacial score (nSPS) is 18.4. The molecule has 0 N–H and O–H groups in total. The number of rotatable bonds is 5. The van der Waals surface area contributed by atoms with Gasteiger partial charge in [0.1, 0.15) is 12.0 Å². The number of hydrogen-bond acceptors (Lipinski definition) is 4. The number of amides is 2. The Bertz CT molecular complexity index is 483. The van der Waals surface area contributed by atoms with E-state index in [4.69, 9.17) is 9.47 Å². The van der Waals surface area contributed by atoms with E-state index in [1.54, 1.807) is 31.4 Å². The SMILES string of the molecule is CCCOC1CCC(=O)N1C(=O)c1ccc(OC)cc1. The highest BCUT2D eigenvalue weighted by Crippen LogP contribution is 2.23. The fourth-order valence-electron chi connectivity index (χ4n) is 2.19. The zero-order chi connectivity index (χ0) is 14.5. The molecule has 2 amide bonds. The van der Waals surface area contributed by atoms with Crippen LogP contribution in [0.3, 0.4) is 0 Å². The minimum Gasteiger partial charge on any atom is -0.497 e. The molecule has 1 saturated heterocycles. The Morgan fingerprint density at radius 2 is 2.05 bits per heavy atom. The Balaban J connectivity index is 2.14. The summed E-state index contributed by atoms with van der Waals surface area (Å²) >= 11 is 0. The molecule has 1 aliphatic heterocycles. The summed E-state index contributed by atoms with van der Waals surface area (Å²) in [6.45, 7) is 2.54. The summed E-state index contributed by atoms with van der Waals surface area (Å²) in [4.78, 5) is 25.5. The van der Waals surface area contributed by atoms with Crippen LogP contribution in [0.4, 0.5) is 0 Å². The number of methoxy groups -OCH3 is 1. The van der Waals surface area contributed by atoms with Crippen molar-refractivity contribution in [3.63, 3.8) is 0 Å². The van der Waals surface area contributed by atoms with E-state index in [9.17, 15) is 9.59 Å². The van der Waals surface area contributed by atoms with Crippen LogP contribution < -0.4 is 4.74 Å². The third-order valence-corrected chi connectivity index (χ3v) is 3.23. The maximum Gasteiger partial charge on any atom is 0.262 e. The molecular weight excluding hydrogens is 258 g/mol. The highest BCUT2D eigenvalue weighted by molar-refractivity contribution is 6.05. The van der Waals surface area contributed by atoms with Crippen LogP contribution in [0.15, 0.2) is 24.3 Å². The van der Waals surface area contributed by atoms with Crippen LogP contribution in [0.1, 0.15) is 36.5 Å². The second-order valence-electron chi connectivity index (χ2n) is 4.66. The Kier molecular flexibility index (Phi) is 4.74. The largest absolute Gasteiger partial charge is 0.497 e. The van der Waals surface area contributed by atoms with Crippen molar-refractivity contribution in [2.24, 2.45) is 0 Å². The summed E-state index contributed by atoms with van der Waals surface area (Å²) in [5.41, 5.74) is 0.464. The Labute approximate surface area is 118 Å². The minimum absolute atomic E-state index is 0.174.